The Morgan fingerprint density at radius 3 is 2.93 bits per heavy atom. The van der Waals surface area contributed by atoms with E-state index in [-0.39, 0.29) is 12.5 Å². The van der Waals surface area contributed by atoms with Crippen LogP contribution in [0.25, 0.3) is 0 Å². The Morgan fingerprint density at radius 1 is 1.57 bits per heavy atom. The van der Waals surface area contributed by atoms with Crippen LogP contribution in [0.2, 0.25) is 0 Å². The Morgan fingerprint density at radius 2 is 2.36 bits per heavy atom. The van der Waals surface area contributed by atoms with Crippen molar-refractivity contribution in [3.63, 3.8) is 0 Å². The normalized spacial score (nSPS) is 9.71. The van der Waals surface area contributed by atoms with Gasteiger partial charge in [0.1, 0.15) is 10.7 Å². The summed E-state index contributed by atoms with van der Waals surface area (Å²) in [6, 6.07) is 2.84. The highest BCUT2D eigenvalue weighted by molar-refractivity contribution is 5.36. The molecule has 0 radical (unpaired) electrons. The summed E-state index contributed by atoms with van der Waals surface area (Å²) in [5, 5.41) is 10.2. The van der Waals surface area contributed by atoms with Crippen molar-refractivity contribution in [2.24, 2.45) is 0 Å². The maximum Gasteiger partial charge on any atom is 0.433 e. The monoisotopic (exact) mass is 199 g/mol. The van der Waals surface area contributed by atoms with Gasteiger partial charge in [0.25, 0.3) is 6.47 Å². The fraction of sp³-hybridized carbons (Fsp3) is 0.375. The third-order valence-corrected chi connectivity index (χ3v) is 1.58. The lowest BCUT2D eigenvalue weighted by Gasteiger charge is -1.95. The first-order valence-electron chi connectivity index (χ1n) is 4.02. The first-order chi connectivity index (χ1) is 6.74. The number of nitrogens with zero attached hydrogens (tertiary/aromatic N) is 1. The number of nitro groups is 1. The molecule has 1 aromatic heterocycles. The molecule has 14 heavy (non-hydrogen) atoms. The van der Waals surface area contributed by atoms with Crippen molar-refractivity contribution < 1.29 is 18.9 Å². The topological polar surface area (TPSA) is 82.6 Å². The molecule has 0 aliphatic rings. The molecule has 6 nitrogen and oxygen atoms in total. The molecule has 1 heterocycles. The van der Waals surface area contributed by atoms with Gasteiger partial charge in [-0.3, -0.25) is 14.9 Å². The standard InChI is InChI=1S/C8H9NO5/c10-6-13-5-1-2-7-3-4-8(14-7)9(11)12/h3-4,6H,1-2,5H2. The van der Waals surface area contributed by atoms with Gasteiger partial charge in [-0.1, -0.05) is 0 Å². The average Bonchev–Trinajstić information content (AvgIpc) is 2.61. The maximum atomic E-state index is 10.2. The number of aryl methyl sites for hydroxylation is 1. The molecule has 0 saturated carbocycles. The van der Waals surface area contributed by atoms with Gasteiger partial charge in [-0.2, -0.15) is 0 Å². The van der Waals surface area contributed by atoms with E-state index < -0.39 is 4.92 Å². The molecule has 0 atom stereocenters. The Balaban J connectivity index is 2.36. The second-order valence-corrected chi connectivity index (χ2v) is 2.57. The quantitative estimate of drug-likeness (QED) is 0.298. The van der Waals surface area contributed by atoms with Gasteiger partial charge in [0, 0.05) is 6.42 Å². The third-order valence-electron chi connectivity index (χ3n) is 1.58. The molecular weight excluding hydrogens is 190 g/mol. The van der Waals surface area contributed by atoms with Gasteiger partial charge < -0.3 is 9.15 Å². The van der Waals surface area contributed by atoms with Gasteiger partial charge >= 0.3 is 5.88 Å². The number of hydrogen-bond acceptors (Lipinski definition) is 5. The summed E-state index contributed by atoms with van der Waals surface area (Å²) < 4.78 is 9.34. The molecule has 0 unspecified atom stereocenters. The minimum atomic E-state index is -0.592. The van der Waals surface area contributed by atoms with Gasteiger partial charge in [-0.15, -0.1) is 0 Å². The number of rotatable bonds is 6. The molecule has 1 rings (SSSR count). The first-order valence-corrected chi connectivity index (χ1v) is 4.02. The van der Waals surface area contributed by atoms with E-state index in [9.17, 15) is 14.9 Å². The lowest BCUT2D eigenvalue weighted by atomic mass is 10.3. The van der Waals surface area contributed by atoms with Crippen molar-refractivity contribution in [3.05, 3.63) is 28.0 Å². The molecule has 0 aromatic carbocycles. The highest BCUT2D eigenvalue weighted by Crippen LogP contribution is 2.16. The van der Waals surface area contributed by atoms with Crippen LogP contribution in [0.5, 0.6) is 0 Å². The van der Waals surface area contributed by atoms with Gasteiger partial charge in [0.05, 0.1) is 12.7 Å². The maximum absolute atomic E-state index is 10.2. The molecule has 0 aliphatic heterocycles. The van der Waals surface area contributed by atoms with Crippen molar-refractivity contribution in [3.8, 4) is 0 Å². The van der Waals surface area contributed by atoms with Crippen LogP contribution in [0.4, 0.5) is 5.88 Å². The highest BCUT2D eigenvalue weighted by Gasteiger charge is 2.10. The summed E-state index contributed by atoms with van der Waals surface area (Å²) in [5.41, 5.74) is 0. The fourth-order valence-corrected chi connectivity index (χ4v) is 0.977. The largest absolute Gasteiger partial charge is 0.468 e. The third kappa shape index (κ3) is 2.89. The molecular formula is C8H9NO5. The van der Waals surface area contributed by atoms with Crippen molar-refractivity contribution in [1.29, 1.82) is 0 Å². The van der Waals surface area contributed by atoms with Crippen LogP contribution < -0.4 is 0 Å². The summed E-state index contributed by atoms with van der Waals surface area (Å²) in [4.78, 5) is 19.4. The van der Waals surface area contributed by atoms with Crippen LogP contribution >= 0.6 is 0 Å². The van der Waals surface area contributed by atoms with Crippen LogP contribution in [0.1, 0.15) is 12.2 Å². The number of furan rings is 1. The molecule has 0 spiro atoms. The minimum Gasteiger partial charge on any atom is -0.468 e. The number of carbonyl (C=O) groups is 1. The fourth-order valence-electron chi connectivity index (χ4n) is 0.977. The number of carbonyl (C=O) groups excluding carboxylic acids is 1. The number of ether oxygens (including phenoxy) is 1. The second-order valence-electron chi connectivity index (χ2n) is 2.57. The summed E-state index contributed by atoms with van der Waals surface area (Å²) in [7, 11) is 0. The Labute approximate surface area is 79.6 Å². The molecule has 6 heteroatoms. The molecule has 0 saturated heterocycles. The number of hydrogen-bond donors (Lipinski definition) is 0. The van der Waals surface area contributed by atoms with Crippen molar-refractivity contribution in [2.45, 2.75) is 12.8 Å². The van der Waals surface area contributed by atoms with Crippen molar-refractivity contribution >= 4 is 12.4 Å². The molecule has 0 bridgehead atoms. The predicted molar refractivity (Wildman–Crippen MR) is 45.7 cm³/mol. The molecule has 0 fully saturated rings. The van der Waals surface area contributed by atoms with Crippen molar-refractivity contribution in [1.82, 2.24) is 0 Å². The lowest BCUT2D eigenvalue weighted by Crippen LogP contribution is -1.93. The zero-order chi connectivity index (χ0) is 10.4. The van der Waals surface area contributed by atoms with E-state index >= 15 is 0 Å². The minimum absolute atomic E-state index is 0.267. The van der Waals surface area contributed by atoms with Gasteiger partial charge in [0.2, 0.25) is 0 Å². The summed E-state index contributed by atoms with van der Waals surface area (Å²) in [6.07, 6.45) is 1.10. The van der Waals surface area contributed by atoms with Crippen LogP contribution in [-0.2, 0) is 16.0 Å². The van der Waals surface area contributed by atoms with E-state index in [2.05, 4.69) is 4.74 Å². The van der Waals surface area contributed by atoms with Gasteiger partial charge in [-0.25, -0.2) is 0 Å². The zero-order valence-corrected chi connectivity index (χ0v) is 7.34. The predicted octanol–water partition coefficient (Wildman–Crippen LogP) is 1.29. The highest BCUT2D eigenvalue weighted by atomic mass is 16.6. The zero-order valence-electron chi connectivity index (χ0n) is 7.34. The molecule has 0 aliphatic carbocycles. The Hall–Kier alpha value is -1.85. The van der Waals surface area contributed by atoms with E-state index in [4.69, 9.17) is 4.42 Å². The summed E-state index contributed by atoms with van der Waals surface area (Å²) >= 11 is 0. The Bertz CT molecular complexity index is 319. The van der Waals surface area contributed by atoms with E-state index in [1.165, 1.54) is 6.07 Å². The van der Waals surface area contributed by atoms with E-state index in [0.29, 0.717) is 25.1 Å². The van der Waals surface area contributed by atoms with Crippen LogP contribution in [0.15, 0.2) is 16.5 Å². The molecule has 0 N–H and O–H groups in total. The average molecular weight is 199 g/mol. The van der Waals surface area contributed by atoms with Crippen LogP contribution in [0, 0.1) is 10.1 Å². The molecule has 1 aromatic rings. The van der Waals surface area contributed by atoms with E-state index in [1.807, 2.05) is 0 Å². The van der Waals surface area contributed by atoms with Gasteiger partial charge in [-0.05, 0) is 12.5 Å². The lowest BCUT2D eigenvalue weighted by molar-refractivity contribution is -0.402. The molecule has 0 amide bonds. The smallest absolute Gasteiger partial charge is 0.433 e. The first kappa shape index (κ1) is 10.2. The van der Waals surface area contributed by atoms with E-state index in [0.717, 1.165) is 0 Å². The van der Waals surface area contributed by atoms with Crippen LogP contribution in [-0.4, -0.2) is 18.0 Å². The summed E-state index contributed by atoms with van der Waals surface area (Å²) in [5.74, 6) is 0.252. The van der Waals surface area contributed by atoms with Crippen molar-refractivity contribution in [2.75, 3.05) is 6.61 Å². The summed E-state index contributed by atoms with van der Waals surface area (Å²) in [6.45, 7) is 0.655. The Kier molecular flexibility index (Phi) is 3.66. The van der Waals surface area contributed by atoms with E-state index in [1.54, 1.807) is 6.07 Å². The van der Waals surface area contributed by atoms with Gasteiger partial charge in [0.15, 0.2) is 0 Å². The SMILES string of the molecule is O=COCCCc1ccc([N+](=O)[O-])o1. The second kappa shape index (κ2) is 5.00. The molecule has 76 valence electrons. The van der Waals surface area contributed by atoms with Crippen LogP contribution in [0.3, 0.4) is 0 Å².